The first-order chi connectivity index (χ1) is 15.2. The standard InChI is InChI=1S/C24H27F4NO3/c25-15-2-4-19-18(10-15)22(12-31-19)5-7-29(8-6-22)16-9-14-1-3-17-20(23(14,17)11-16)21(30)32-13-24(26,27)28/h2,4,10,14,16-17,20H,1,3,5-9,11-13H2. The molecule has 3 saturated carbocycles. The van der Waals surface area contributed by atoms with Gasteiger partial charge in [0.15, 0.2) is 6.61 Å². The molecular weight excluding hydrogens is 426 g/mol. The van der Waals surface area contributed by atoms with E-state index in [0.29, 0.717) is 18.6 Å². The summed E-state index contributed by atoms with van der Waals surface area (Å²) in [6.45, 7) is 0.880. The maximum Gasteiger partial charge on any atom is 0.422 e. The van der Waals surface area contributed by atoms with Crippen LogP contribution in [0.1, 0.15) is 44.1 Å². The van der Waals surface area contributed by atoms with Crippen LogP contribution in [0.2, 0.25) is 0 Å². The van der Waals surface area contributed by atoms with Gasteiger partial charge in [-0.1, -0.05) is 0 Å². The fourth-order valence-corrected chi connectivity index (χ4v) is 7.76. The van der Waals surface area contributed by atoms with Gasteiger partial charge in [-0.05, 0) is 87.1 Å². The van der Waals surface area contributed by atoms with Crippen LogP contribution in [0.4, 0.5) is 17.6 Å². The Bertz CT molecular complexity index is 942. The summed E-state index contributed by atoms with van der Waals surface area (Å²) in [6, 6.07) is 5.12. The van der Waals surface area contributed by atoms with Crippen LogP contribution in [-0.4, -0.2) is 49.4 Å². The predicted octanol–water partition coefficient (Wildman–Crippen LogP) is 4.46. The molecule has 5 aliphatic rings. The van der Waals surface area contributed by atoms with Crippen LogP contribution in [-0.2, 0) is 14.9 Å². The Balaban J connectivity index is 1.11. The van der Waals surface area contributed by atoms with E-state index in [0.717, 1.165) is 62.9 Å². The number of piperidine rings is 1. The van der Waals surface area contributed by atoms with E-state index >= 15 is 0 Å². The molecule has 0 bridgehead atoms. The number of rotatable bonds is 3. The highest BCUT2D eigenvalue weighted by molar-refractivity contribution is 5.78. The van der Waals surface area contributed by atoms with Crippen molar-refractivity contribution in [1.82, 2.24) is 4.90 Å². The molecular formula is C24H27F4NO3. The number of hydrogen-bond donors (Lipinski definition) is 0. The van der Waals surface area contributed by atoms with Crippen molar-refractivity contribution in [3.05, 3.63) is 29.6 Å². The van der Waals surface area contributed by atoms with Crippen molar-refractivity contribution >= 4 is 5.97 Å². The van der Waals surface area contributed by atoms with Crippen LogP contribution < -0.4 is 4.74 Å². The van der Waals surface area contributed by atoms with E-state index in [1.807, 2.05) is 0 Å². The molecule has 5 unspecified atom stereocenters. The Morgan fingerprint density at radius 2 is 2.00 bits per heavy atom. The molecule has 3 aliphatic carbocycles. The molecule has 2 spiro atoms. The van der Waals surface area contributed by atoms with Crippen LogP contribution >= 0.6 is 0 Å². The van der Waals surface area contributed by atoms with E-state index in [4.69, 9.17) is 4.74 Å². The summed E-state index contributed by atoms with van der Waals surface area (Å²) in [5, 5.41) is 0. The monoisotopic (exact) mass is 453 g/mol. The van der Waals surface area contributed by atoms with Crippen molar-refractivity contribution in [2.45, 2.75) is 56.2 Å². The fraction of sp³-hybridized carbons (Fsp3) is 0.708. The first-order valence-corrected chi connectivity index (χ1v) is 11.6. The second-order valence-corrected chi connectivity index (χ2v) is 10.5. The lowest BCUT2D eigenvalue weighted by molar-refractivity contribution is -0.188. The number of ether oxygens (including phenoxy) is 2. The molecule has 2 heterocycles. The van der Waals surface area contributed by atoms with E-state index < -0.39 is 18.8 Å². The van der Waals surface area contributed by atoms with Gasteiger partial charge in [-0.3, -0.25) is 4.79 Å². The molecule has 174 valence electrons. The third-order valence-corrected chi connectivity index (χ3v) is 9.22. The van der Waals surface area contributed by atoms with E-state index in [2.05, 4.69) is 9.64 Å². The molecule has 0 radical (unpaired) electrons. The van der Waals surface area contributed by atoms with Gasteiger partial charge in [0.05, 0.1) is 12.5 Å². The average molecular weight is 453 g/mol. The Morgan fingerprint density at radius 3 is 2.75 bits per heavy atom. The van der Waals surface area contributed by atoms with Gasteiger partial charge in [0.1, 0.15) is 11.6 Å². The second kappa shape index (κ2) is 6.84. The first kappa shape index (κ1) is 20.8. The number of fused-ring (bicyclic) bond motifs is 2. The largest absolute Gasteiger partial charge is 0.492 e. The van der Waals surface area contributed by atoms with Crippen LogP contribution in [0.15, 0.2) is 18.2 Å². The Morgan fingerprint density at radius 1 is 1.22 bits per heavy atom. The highest BCUT2D eigenvalue weighted by Gasteiger charge is 2.76. The van der Waals surface area contributed by atoms with Gasteiger partial charge >= 0.3 is 12.1 Å². The van der Waals surface area contributed by atoms with Crippen LogP contribution in [0.25, 0.3) is 0 Å². The molecule has 8 heteroatoms. The molecule has 32 heavy (non-hydrogen) atoms. The van der Waals surface area contributed by atoms with E-state index in [1.165, 1.54) is 6.07 Å². The Hall–Kier alpha value is -1.83. The topological polar surface area (TPSA) is 38.8 Å². The van der Waals surface area contributed by atoms with Crippen molar-refractivity contribution in [2.75, 3.05) is 26.3 Å². The summed E-state index contributed by atoms with van der Waals surface area (Å²) in [7, 11) is 0. The molecule has 0 N–H and O–H groups in total. The number of hydrogen-bond acceptors (Lipinski definition) is 4. The highest BCUT2D eigenvalue weighted by atomic mass is 19.4. The highest BCUT2D eigenvalue weighted by Crippen LogP contribution is 2.77. The summed E-state index contributed by atoms with van der Waals surface area (Å²) in [5.41, 5.74) is 0.704. The van der Waals surface area contributed by atoms with Crippen molar-refractivity contribution in [2.24, 2.45) is 23.2 Å². The summed E-state index contributed by atoms with van der Waals surface area (Å²) >= 11 is 0. The minimum absolute atomic E-state index is 0.132. The zero-order chi connectivity index (χ0) is 22.3. The van der Waals surface area contributed by atoms with Crippen molar-refractivity contribution in [3.8, 4) is 5.75 Å². The zero-order valence-electron chi connectivity index (χ0n) is 17.8. The normalized spacial score (nSPS) is 37.0. The molecule has 0 amide bonds. The van der Waals surface area contributed by atoms with Crippen LogP contribution in [0.5, 0.6) is 5.75 Å². The quantitative estimate of drug-likeness (QED) is 0.500. The van der Waals surface area contributed by atoms with Crippen LogP contribution in [0.3, 0.4) is 0 Å². The maximum atomic E-state index is 13.9. The van der Waals surface area contributed by atoms with Gasteiger partial charge in [-0.2, -0.15) is 13.2 Å². The van der Waals surface area contributed by atoms with Crippen LogP contribution in [0, 0.1) is 29.0 Å². The van der Waals surface area contributed by atoms with E-state index in [-0.39, 0.29) is 28.5 Å². The third-order valence-electron chi connectivity index (χ3n) is 9.22. The Labute approximate surface area is 184 Å². The van der Waals surface area contributed by atoms with Gasteiger partial charge in [-0.15, -0.1) is 0 Å². The molecule has 1 aromatic carbocycles. The number of carbonyl (C=O) groups is 1. The minimum Gasteiger partial charge on any atom is -0.492 e. The summed E-state index contributed by atoms with van der Waals surface area (Å²) in [5.74, 6) is 0.130. The van der Waals surface area contributed by atoms with E-state index in [1.54, 1.807) is 12.1 Å². The second-order valence-electron chi connectivity index (χ2n) is 10.5. The number of carbonyl (C=O) groups excluding carboxylic acids is 1. The molecule has 4 nitrogen and oxygen atoms in total. The van der Waals surface area contributed by atoms with Gasteiger partial charge in [0.25, 0.3) is 0 Å². The number of halogens is 4. The summed E-state index contributed by atoms with van der Waals surface area (Å²) < 4.78 is 61.8. The van der Waals surface area contributed by atoms with Gasteiger partial charge in [0, 0.05) is 17.0 Å². The first-order valence-electron chi connectivity index (χ1n) is 11.6. The third kappa shape index (κ3) is 3.01. The number of nitrogens with zero attached hydrogens (tertiary/aromatic N) is 1. The number of esters is 1. The van der Waals surface area contributed by atoms with Gasteiger partial charge in [-0.25, -0.2) is 4.39 Å². The molecule has 5 atom stereocenters. The lowest BCUT2D eigenvalue weighted by Gasteiger charge is -2.41. The molecule has 6 rings (SSSR count). The average Bonchev–Trinajstić information content (AvgIpc) is 3.02. The van der Waals surface area contributed by atoms with E-state index in [9.17, 15) is 22.4 Å². The Kier molecular flexibility index (Phi) is 4.44. The number of likely N-dealkylation sites (tertiary alicyclic amines) is 1. The number of alkyl halides is 3. The van der Waals surface area contributed by atoms with Gasteiger partial charge < -0.3 is 14.4 Å². The minimum atomic E-state index is -4.48. The smallest absolute Gasteiger partial charge is 0.422 e. The lowest BCUT2D eigenvalue weighted by Crippen LogP contribution is -2.47. The van der Waals surface area contributed by atoms with Gasteiger partial charge in [0.2, 0.25) is 0 Å². The molecule has 1 saturated heterocycles. The van der Waals surface area contributed by atoms with Crippen molar-refractivity contribution in [3.63, 3.8) is 0 Å². The lowest BCUT2D eigenvalue weighted by atomic mass is 9.74. The summed E-state index contributed by atoms with van der Waals surface area (Å²) in [6.07, 6.45) is 1.19. The maximum absolute atomic E-state index is 13.9. The van der Waals surface area contributed by atoms with Crippen molar-refractivity contribution < 1.29 is 31.8 Å². The number of benzene rings is 1. The zero-order valence-corrected chi connectivity index (χ0v) is 17.8. The SMILES string of the molecule is O=C(OCC(F)(F)F)C1C2CCC3CC(N4CCC5(CC4)COc4ccc(F)cc45)CC321. The predicted molar refractivity (Wildman–Crippen MR) is 107 cm³/mol. The fourth-order valence-electron chi connectivity index (χ4n) is 7.76. The molecule has 2 aliphatic heterocycles. The van der Waals surface area contributed by atoms with Crippen molar-refractivity contribution in [1.29, 1.82) is 0 Å². The molecule has 1 aromatic rings. The summed E-state index contributed by atoms with van der Waals surface area (Å²) in [4.78, 5) is 14.9. The molecule has 4 fully saturated rings. The molecule has 0 aromatic heterocycles.